The molecule has 2 aromatic carbocycles. The summed E-state index contributed by atoms with van der Waals surface area (Å²) in [5.41, 5.74) is 2.40. The molecule has 200 valence electrons. The molecule has 1 aliphatic heterocycles. The fourth-order valence-electron chi connectivity index (χ4n) is 4.69. The van der Waals surface area contributed by atoms with Gasteiger partial charge in [0.05, 0.1) is 34.7 Å². The minimum Gasteiger partial charge on any atom is -0.507 e. The number of aliphatic hydroxyl groups is 1. The van der Waals surface area contributed by atoms with E-state index in [-0.39, 0.29) is 17.3 Å². The third-order valence-corrected chi connectivity index (χ3v) is 7.50. The van der Waals surface area contributed by atoms with Gasteiger partial charge in [-0.05, 0) is 73.9 Å². The van der Waals surface area contributed by atoms with E-state index in [1.807, 2.05) is 45.9 Å². The van der Waals surface area contributed by atoms with Crippen molar-refractivity contribution in [1.82, 2.24) is 9.97 Å². The van der Waals surface area contributed by atoms with Crippen LogP contribution in [0.4, 0.5) is 5.13 Å². The maximum atomic E-state index is 13.5. The van der Waals surface area contributed by atoms with Crippen molar-refractivity contribution >= 4 is 44.1 Å². The van der Waals surface area contributed by atoms with Gasteiger partial charge in [0.1, 0.15) is 23.3 Å². The number of rotatable bonds is 8. The van der Waals surface area contributed by atoms with Crippen molar-refractivity contribution in [1.29, 1.82) is 0 Å². The van der Waals surface area contributed by atoms with Crippen molar-refractivity contribution < 1.29 is 24.2 Å². The third-order valence-electron chi connectivity index (χ3n) is 6.48. The van der Waals surface area contributed by atoms with Crippen molar-refractivity contribution in [2.45, 2.75) is 39.7 Å². The number of thiazole rings is 1. The monoisotopic (exact) mass is 543 g/mol. The molecule has 0 saturated carbocycles. The van der Waals surface area contributed by atoms with Gasteiger partial charge in [-0.15, -0.1) is 0 Å². The lowest BCUT2D eigenvalue weighted by Crippen LogP contribution is -2.29. The van der Waals surface area contributed by atoms with Crippen molar-refractivity contribution in [3.63, 3.8) is 0 Å². The van der Waals surface area contributed by atoms with Crippen LogP contribution in [0.2, 0.25) is 0 Å². The Morgan fingerprint density at radius 3 is 2.54 bits per heavy atom. The second kappa shape index (κ2) is 10.9. The van der Waals surface area contributed by atoms with Crippen LogP contribution in [-0.4, -0.2) is 40.0 Å². The number of aliphatic hydroxyl groups excluding tert-OH is 1. The lowest BCUT2D eigenvalue weighted by molar-refractivity contribution is -0.132. The van der Waals surface area contributed by atoms with Gasteiger partial charge in [-0.2, -0.15) is 0 Å². The Bertz CT molecular complexity index is 1580. The lowest BCUT2D eigenvalue weighted by atomic mass is 9.94. The number of Topliss-reactive ketones (excluding diaryl/α,β-unsaturated/α-hetero) is 1. The molecule has 1 aliphatic rings. The smallest absolute Gasteiger partial charge is 0.301 e. The number of fused-ring (bicyclic) bond motifs is 1. The molecule has 3 heterocycles. The Labute approximate surface area is 230 Å². The molecule has 0 bridgehead atoms. The molecular weight excluding hydrogens is 514 g/mol. The minimum atomic E-state index is -0.952. The van der Waals surface area contributed by atoms with Gasteiger partial charge < -0.3 is 14.6 Å². The van der Waals surface area contributed by atoms with E-state index in [2.05, 4.69) is 9.97 Å². The predicted octanol–water partition coefficient (Wildman–Crippen LogP) is 6.24. The average Bonchev–Trinajstić information content (AvgIpc) is 3.47. The molecule has 39 heavy (non-hydrogen) atoms. The zero-order valence-corrected chi connectivity index (χ0v) is 23.0. The number of nitrogens with zero attached hydrogens (tertiary/aromatic N) is 3. The Morgan fingerprint density at radius 1 is 1.05 bits per heavy atom. The molecular formula is C30H29N3O5S. The molecule has 0 aliphatic carbocycles. The molecule has 8 nitrogen and oxygen atoms in total. The summed E-state index contributed by atoms with van der Waals surface area (Å²) in [5, 5.41) is 11.9. The van der Waals surface area contributed by atoms with Crippen LogP contribution >= 0.6 is 11.3 Å². The quantitative estimate of drug-likeness (QED) is 0.159. The number of pyridine rings is 1. The molecule has 1 amide bonds. The van der Waals surface area contributed by atoms with Crippen molar-refractivity contribution in [2.24, 2.45) is 0 Å². The number of ketones is 1. The first kappa shape index (κ1) is 26.4. The summed E-state index contributed by atoms with van der Waals surface area (Å²) in [6.07, 6.45) is 1.59. The van der Waals surface area contributed by atoms with Crippen LogP contribution in [0.25, 0.3) is 16.0 Å². The summed E-state index contributed by atoms with van der Waals surface area (Å²) < 4.78 is 12.2. The molecule has 5 rings (SSSR count). The number of amides is 1. The van der Waals surface area contributed by atoms with Gasteiger partial charge in [0.2, 0.25) is 0 Å². The average molecular weight is 544 g/mol. The zero-order valence-electron chi connectivity index (χ0n) is 22.2. The van der Waals surface area contributed by atoms with E-state index in [9.17, 15) is 14.7 Å². The van der Waals surface area contributed by atoms with E-state index in [0.29, 0.717) is 46.6 Å². The van der Waals surface area contributed by atoms with Crippen LogP contribution in [0, 0.1) is 0 Å². The third kappa shape index (κ3) is 4.85. The number of carbonyl (C=O) groups is 2. The van der Waals surface area contributed by atoms with Crippen LogP contribution in [0.1, 0.15) is 56.5 Å². The highest BCUT2D eigenvalue weighted by Crippen LogP contribution is 2.44. The molecule has 0 spiro atoms. The predicted molar refractivity (Wildman–Crippen MR) is 152 cm³/mol. The van der Waals surface area contributed by atoms with Crippen molar-refractivity contribution in [2.75, 3.05) is 18.1 Å². The van der Waals surface area contributed by atoms with Crippen LogP contribution in [-0.2, 0) is 9.59 Å². The highest BCUT2D eigenvalue weighted by molar-refractivity contribution is 7.22. The summed E-state index contributed by atoms with van der Waals surface area (Å²) in [6.45, 7) is 8.89. The van der Waals surface area contributed by atoms with Gasteiger partial charge in [0.25, 0.3) is 5.78 Å². The second-order valence-electron chi connectivity index (χ2n) is 9.32. The van der Waals surface area contributed by atoms with E-state index in [4.69, 9.17) is 9.47 Å². The lowest BCUT2D eigenvalue weighted by Gasteiger charge is -2.22. The SMILES string of the molecule is CCOc1ccc2nc(N3C(=O)C(=O)/C(=C(/O)c4ccc(OCC)c(C(C)C)c4)C3c3ccccn3)sc2c1. The molecule has 1 unspecified atom stereocenters. The largest absolute Gasteiger partial charge is 0.507 e. The summed E-state index contributed by atoms with van der Waals surface area (Å²) in [4.78, 5) is 37.5. The summed E-state index contributed by atoms with van der Waals surface area (Å²) in [7, 11) is 0. The minimum absolute atomic E-state index is 0.0353. The topological polar surface area (TPSA) is 102 Å². The Balaban J connectivity index is 1.67. The highest BCUT2D eigenvalue weighted by atomic mass is 32.1. The van der Waals surface area contributed by atoms with E-state index < -0.39 is 17.7 Å². The molecule has 2 aromatic heterocycles. The zero-order chi connectivity index (χ0) is 27.7. The first-order valence-electron chi connectivity index (χ1n) is 12.9. The number of aromatic nitrogens is 2. The van der Waals surface area contributed by atoms with Gasteiger partial charge in [-0.1, -0.05) is 31.3 Å². The number of carbonyl (C=O) groups excluding carboxylic acids is 2. The Hall–Kier alpha value is -4.24. The highest BCUT2D eigenvalue weighted by Gasteiger charge is 2.48. The van der Waals surface area contributed by atoms with Gasteiger partial charge in [-0.3, -0.25) is 19.5 Å². The number of hydrogen-bond donors (Lipinski definition) is 1. The first-order valence-corrected chi connectivity index (χ1v) is 13.7. The Morgan fingerprint density at radius 2 is 1.85 bits per heavy atom. The standard InChI is InChI=1S/C30H29N3O5S/c1-5-37-19-11-12-21-24(16-19)39-30(32-21)33-26(22-9-7-8-14-31-22)25(28(35)29(33)36)27(34)18-10-13-23(38-6-2)20(15-18)17(3)4/h7-17,26,34H,5-6H2,1-4H3/b27-25+. The van der Waals surface area contributed by atoms with Crippen molar-refractivity contribution in [3.05, 3.63) is 83.2 Å². The van der Waals surface area contributed by atoms with Gasteiger partial charge in [0.15, 0.2) is 5.13 Å². The fraction of sp³-hybridized carbons (Fsp3) is 0.267. The molecule has 1 fully saturated rings. The number of anilines is 1. The van der Waals surface area contributed by atoms with Crippen LogP contribution in [0.15, 0.2) is 66.4 Å². The molecule has 0 radical (unpaired) electrons. The maximum Gasteiger partial charge on any atom is 0.301 e. The molecule has 9 heteroatoms. The fourth-order valence-corrected chi connectivity index (χ4v) is 5.71. The van der Waals surface area contributed by atoms with E-state index >= 15 is 0 Å². The van der Waals surface area contributed by atoms with Crippen molar-refractivity contribution in [3.8, 4) is 11.5 Å². The van der Waals surface area contributed by atoms with Crippen LogP contribution < -0.4 is 14.4 Å². The number of benzene rings is 2. The van der Waals surface area contributed by atoms with Gasteiger partial charge in [0, 0.05) is 11.8 Å². The van der Waals surface area contributed by atoms with E-state index in [0.717, 1.165) is 10.3 Å². The molecule has 1 N–H and O–H groups in total. The first-order chi connectivity index (χ1) is 18.8. The molecule has 1 atom stereocenters. The number of hydrogen-bond acceptors (Lipinski definition) is 8. The second-order valence-corrected chi connectivity index (χ2v) is 10.3. The maximum absolute atomic E-state index is 13.5. The molecule has 1 saturated heterocycles. The van der Waals surface area contributed by atoms with Crippen LogP contribution in [0.5, 0.6) is 11.5 Å². The van der Waals surface area contributed by atoms with Crippen LogP contribution in [0.3, 0.4) is 0 Å². The Kier molecular flexibility index (Phi) is 7.34. The van der Waals surface area contributed by atoms with Gasteiger partial charge >= 0.3 is 5.91 Å². The normalized spacial score (nSPS) is 16.8. The number of ether oxygens (including phenoxy) is 2. The van der Waals surface area contributed by atoms with E-state index in [1.165, 1.54) is 16.2 Å². The summed E-state index contributed by atoms with van der Waals surface area (Å²) in [6, 6.07) is 15.1. The summed E-state index contributed by atoms with van der Waals surface area (Å²) >= 11 is 1.28. The molecule has 4 aromatic rings. The van der Waals surface area contributed by atoms with E-state index in [1.54, 1.807) is 42.6 Å². The van der Waals surface area contributed by atoms with Gasteiger partial charge in [-0.25, -0.2) is 4.98 Å². The summed E-state index contributed by atoms with van der Waals surface area (Å²) in [5.74, 6) is -0.316.